The topological polar surface area (TPSA) is 55.1 Å². The van der Waals surface area contributed by atoms with Crippen LogP contribution in [0.5, 0.6) is 0 Å². The number of rotatable bonds is 3. The SMILES string of the molecule is CC(C)(C)[C@H](N)C(=O)NCc1ccc(Br)s1.Cl. The maximum absolute atomic E-state index is 11.7. The highest BCUT2D eigenvalue weighted by atomic mass is 79.9. The molecule has 0 saturated heterocycles. The molecule has 0 aliphatic carbocycles. The summed E-state index contributed by atoms with van der Waals surface area (Å²) in [6.45, 7) is 6.41. The molecule has 0 spiro atoms. The van der Waals surface area contributed by atoms with Crippen molar-refractivity contribution < 1.29 is 4.79 Å². The molecule has 3 N–H and O–H groups in total. The molecule has 3 nitrogen and oxygen atoms in total. The van der Waals surface area contributed by atoms with Gasteiger partial charge in [0.25, 0.3) is 0 Å². The van der Waals surface area contributed by atoms with Gasteiger partial charge in [0.05, 0.1) is 16.4 Å². The third-order valence-corrected chi connectivity index (χ3v) is 3.90. The molecule has 1 heterocycles. The first-order valence-corrected chi connectivity index (χ1v) is 6.69. The van der Waals surface area contributed by atoms with E-state index in [4.69, 9.17) is 5.73 Å². The zero-order valence-corrected chi connectivity index (χ0v) is 13.3. The molecular weight excluding hydrogens is 324 g/mol. The number of amides is 1. The molecule has 0 saturated carbocycles. The van der Waals surface area contributed by atoms with E-state index in [0.29, 0.717) is 6.54 Å². The lowest BCUT2D eigenvalue weighted by Gasteiger charge is -2.25. The predicted octanol–water partition coefficient (Wildman–Crippen LogP) is 2.92. The Balaban J connectivity index is 0.00000256. The molecule has 0 fully saturated rings. The second kappa shape index (κ2) is 6.73. The minimum atomic E-state index is -0.476. The Morgan fingerprint density at radius 3 is 2.53 bits per heavy atom. The van der Waals surface area contributed by atoms with E-state index in [0.717, 1.165) is 8.66 Å². The van der Waals surface area contributed by atoms with Crippen LogP contribution in [0.3, 0.4) is 0 Å². The lowest BCUT2D eigenvalue weighted by Crippen LogP contribution is -2.48. The van der Waals surface area contributed by atoms with Crippen LogP contribution < -0.4 is 11.1 Å². The van der Waals surface area contributed by atoms with Crippen LogP contribution in [0.25, 0.3) is 0 Å². The Kier molecular flexibility index (Phi) is 6.69. The summed E-state index contributed by atoms with van der Waals surface area (Å²) in [5.41, 5.74) is 5.64. The van der Waals surface area contributed by atoms with Gasteiger partial charge < -0.3 is 11.1 Å². The van der Waals surface area contributed by atoms with Gasteiger partial charge in [0, 0.05) is 4.88 Å². The van der Waals surface area contributed by atoms with E-state index in [-0.39, 0.29) is 23.7 Å². The van der Waals surface area contributed by atoms with Crippen molar-refractivity contribution in [2.45, 2.75) is 33.4 Å². The van der Waals surface area contributed by atoms with Crippen molar-refractivity contribution in [3.05, 3.63) is 20.8 Å². The average Bonchev–Trinajstić information content (AvgIpc) is 2.58. The average molecular weight is 342 g/mol. The second-order valence-corrected chi connectivity index (χ2v) is 7.31. The van der Waals surface area contributed by atoms with Crippen LogP contribution in [0.2, 0.25) is 0 Å². The van der Waals surface area contributed by atoms with Gasteiger partial charge in [-0.1, -0.05) is 20.8 Å². The van der Waals surface area contributed by atoms with Gasteiger partial charge in [-0.15, -0.1) is 23.7 Å². The summed E-state index contributed by atoms with van der Waals surface area (Å²) in [6.07, 6.45) is 0. The number of hydrogen-bond donors (Lipinski definition) is 2. The molecule has 0 aromatic carbocycles. The van der Waals surface area contributed by atoms with E-state index in [1.54, 1.807) is 11.3 Å². The zero-order valence-electron chi connectivity index (χ0n) is 10.1. The molecule has 6 heteroatoms. The molecule has 0 aliphatic heterocycles. The Labute approximate surface area is 121 Å². The van der Waals surface area contributed by atoms with Gasteiger partial charge in [0.15, 0.2) is 0 Å². The number of carbonyl (C=O) groups is 1. The largest absolute Gasteiger partial charge is 0.350 e. The Bertz CT molecular complexity index is 376. The van der Waals surface area contributed by atoms with Crippen molar-refractivity contribution in [3.63, 3.8) is 0 Å². The number of halogens is 2. The second-order valence-electron chi connectivity index (χ2n) is 4.77. The standard InChI is InChI=1S/C11H17BrN2OS.ClH/c1-11(2,3)9(13)10(15)14-6-7-4-5-8(12)16-7;/h4-5,9H,6,13H2,1-3H3,(H,14,15);1H/t9-;/m1./s1. The van der Waals surface area contributed by atoms with Crippen LogP contribution in [0.1, 0.15) is 25.6 Å². The predicted molar refractivity (Wildman–Crippen MR) is 78.5 cm³/mol. The van der Waals surface area contributed by atoms with Crippen LogP contribution in [0.15, 0.2) is 15.9 Å². The minimum absolute atomic E-state index is 0. The molecular formula is C11H18BrClN2OS. The molecule has 1 amide bonds. The van der Waals surface area contributed by atoms with Gasteiger partial charge in [-0.05, 0) is 33.5 Å². The molecule has 1 aromatic rings. The number of nitrogens with one attached hydrogen (secondary N) is 1. The number of thiophene rings is 1. The third kappa shape index (κ3) is 5.38. The Morgan fingerprint density at radius 2 is 2.12 bits per heavy atom. The molecule has 0 bridgehead atoms. The van der Waals surface area contributed by atoms with Crippen LogP contribution in [0, 0.1) is 5.41 Å². The Hall–Kier alpha value is -0.100. The highest BCUT2D eigenvalue weighted by Crippen LogP contribution is 2.22. The maximum atomic E-state index is 11.7. The summed E-state index contributed by atoms with van der Waals surface area (Å²) < 4.78 is 1.07. The van der Waals surface area contributed by atoms with E-state index in [1.165, 1.54) is 0 Å². The highest BCUT2D eigenvalue weighted by Gasteiger charge is 2.27. The molecule has 1 rings (SSSR count). The van der Waals surface area contributed by atoms with Crippen LogP contribution in [-0.2, 0) is 11.3 Å². The van der Waals surface area contributed by atoms with Gasteiger partial charge in [0.2, 0.25) is 5.91 Å². The van der Waals surface area contributed by atoms with Crippen LogP contribution in [-0.4, -0.2) is 11.9 Å². The van der Waals surface area contributed by atoms with Gasteiger partial charge in [-0.2, -0.15) is 0 Å². The number of hydrogen-bond acceptors (Lipinski definition) is 3. The quantitative estimate of drug-likeness (QED) is 0.888. The van der Waals surface area contributed by atoms with E-state index in [9.17, 15) is 4.79 Å². The maximum Gasteiger partial charge on any atom is 0.237 e. The third-order valence-electron chi connectivity index (χ3n) is 2.28. The van der Waals surface area contributed by atoms with E-state index >= 15 is 0 Å². The van der Waals surface area contributed by atoms with Gasteiger partial charge in [-0.25, -0.2) is 0 Å². The van der Waals surface area contributed by atoms with Crippen LogP contribution in [0.4, 0.5) is 0 Å². The molecule has 17 heavy (non-hydrogen) atoms. The first kappa shape index (κ1) is 16.9. The lowest BCUT2D eigenvalue weighted by molar-refractivity contribution is -0.124. The smallest absolute Gasteiger partial charge is 0.237 e. The van der Waals surface area contributed by atoms with Gasteiger partial charge in [0.1, 0.15) is 0 Å². The summed E-state index contributed by atoms with van der Waals surface area (Å²) in [4.78, 5) is 12.8. The monoisotopic (exact) mass is 340 g/mol. The number of carbonyl (C=O) groups excluding carboxylic acids is 1. The fraction of sp³-hybridized carbons (Fsp3) is 0.545. The van der Waals surface area contributed by atoms with Crippen molar-refractivity contribution in [2.24, 2.45) is 11.1 Å². The van der Waals surface area contributed by atoms with Crippen molar-refractivity contribution >= 4 is 45.6 Å². The number of nitrogens with two attached hydrogens (primary N) is 1. The summed E-state index contributed by atoms with van der Waals surface area (Å²) in [6, 6.07) is 3.48. The fourth-order valence-corrected chi connectivity index (χ4v) is 2.55. The molecule has 0 unspecified atom stereocenters. The molecule has 0 radical (unpaired) electrons. The van der Waals surface area contributed by atoms with Gasteiger partial charge in [-0.3, -0.25) is 4.79 Å². The van der Waals surface area contributed by atoms with Crippen molar-refractivity contribution in [2.75, 3.05) is 0 Å². The first-order valence-electron chi connectivity index (χ1n) is 5.08. The molecule has 1 atom stereocenters. The Morgan fingerprint density at radius 1 is 1.53 bits per heavy atom. The van der Waals surface area contributed by atoms with Crippen molar-refractivity contribution in [1.29, 1.82) is 0 Å². The normalized spacial score (nSPS) is 12.8. The summed E-state index contributed by atoms with van der Waals surface area (Å²) in [5.74, 6) is -0.1000. The molecule has 1 aromatic heterocycles. The molecule has 98 valence electrons. The van der Waals surface area contributed by atoms with Crippen molar-refractivity contribution in [3.8, 4) is 0 Å². The van der Waals surface area contributed by atoms with E-state index in [1.807, 2.05) is 32.9 Å². The van der Waals surface area contributed by atoms with Gasteiger partial charge >= 0.3 is 0 Å². The lowest BCUT2D eigenvalue weighted by atomic mass is 9.87. The van der Waals surface area contributed by atoms with E-state index < -0.39 is 6.04 Å². The molecule has 0 aliphatic rings. The highest BCUT2D eigenvalue weighted by molar-refractivity contribution is 9.11. The van der Waals surface area contributed by atoms with Crippen LogP contribution >= 0.6 is 39.7 Å². The van der Waals surface area contributed by atoms with E-state index in [2.05, 4.69) is 21.2 Å². The van der Waals surface area contributed by atoms with Crippen molar-refractivity contribution in [1.82, 2.24) is 5.32 Å². The fourth-order valence-electron chi connectivity index (χ4n) is 1.12. The summed E-state index contributed by atoms with van der Waals surface area (Å²) in [7, 11) is 0. The first-order chi connectivity index (χ1) is 7.30. The minimum Gasteiger partial charge on any atom is -0.350 e. The zero-order chi connectivity index (χ0) is 12.3. The summed E-state index contributed by atoms with van der Waals surface area (Å²) >= 11 is 4.99. The summed E-state index contributed by atoms with van der Waals surface area (Å²) in [5, 5.41) is 2.84.